The minimum atomic E-state index is -3.44. The van der Waals surface area contributed by atoms with Gasteiger partial charge in [-0.05, 0) is 56.2 Å². The van der Waals surface area contributed by atoms with Crippen LogP contribution in [0.15, 0.2) is 107 Å². The summed E-state index contributed by atoms with van der Waals surface area (Å²) >= 11 is 6.18. The molecule has 7 rings (SSSR count). The molecule has 0 spiro atoms. The molecule has 2 aromatic heterocycles. The molecule has 0 aliphatic carbocycles. The monoisotopic (exact) mass is 1100 g/mol. The fourth-order valence-corrected chi connectivity index (χ4v) is 11.9. The first-order chi connectivity index (χ1) is 36.5. The Morgan fingerprint density at radius 3 is 2.14 bits per heavy atom. The van der Waals surface area contributed by atoms with Crippen molar-refractivity contribution >= 4 is 56.8 Å². The molecule has 5 aromatic rings. The van der Waals surface area contributed by atoms with E-state index in [-0.39, 0.29) is 67.8 Å². The highest BCUT2D eigenvalue weighted by Gasteiger charge is 2.46. The lowest BCUT2D eigenvalue weighted by atomic mass is 9.76. The van der Waals surface area contributed by atoms with Gasteiger partial charge in [-0.1, -0.05) is 105 Å². The first-order valence-corrected chi connectivity index (χ1v) is 28.9. The molecule has 76 heavy (non-hydrogen) atoms. The number of aromatic amines is 1. The lowest BCUT2D eigenvalue weighted by Gasteiger charge is -2.40. The lowest BCUT2D eigenvalue weighted by Crippen LogP contribution is -2.53. The van der Waals surface area contributed by atoms with Crippen molar-refractivity contribution in [3.8, 4) is 6.07 Å². The number of aliphatic hydroxyl groups is 1. The van der Waals surface area contributed by atoms with E-state index < -0.39 is 48.4 Å². The fraction of sp³-hybridized carbons (Fsp3) is 0.491. The summed E-state index contributed by atoms with van der Waals surface area (Å²) < 4.78 is 35.1. The SMILES string of the molecule is CC(C)N(POCCC#N)C(C)C.[C-]#[N+]CCOP(=S)(NC1CC(n2cnc3c(=O)[nH]c(NC(=O)C(C)C)nc32)OC1CO)OCC1OC(N=CN(C)C)CC1NC(c1ccccc1)(c1ccccc1)c1ccccc1. The number of fused-ring (bicyclic) bond motifs is 1. The molecule has 20 nitrogen and oxygen atoms in total. The van der Waals surface area contributed by atoms with Crippen LogP contribution in [0.2, 0.25) is 0 Å². The zero-order chi connectivity index (χ0) is 54.8. The number of nitrogens with one attached hydrogen (secondary N) is 4. The van der Waals surface area contributed by atoms with Crippen LogP contribution in [0.1, 0.15) is 83.7 Å². The molecule has 0 saturated carbocycles. The minimum absolute atomic E-state index is 0.000389. The van der Waals surface area contributed by atoms with E-state index in [1.165, 1.54) is 6.33 Å². The summed E-state index contributed by atoms with van der Waals surface area (Å²) in [6.45, 7) is 16.2. The molecule has 2 aliphatic heterocycles. The Labute approximate surface area is 452 Å². The number of amides is 1. The minimum Gasteiger partial charge on any atom is -0.394 e. The maximum absolute atomic E-state index is 13.0. The number of aromatic nitrogens is 4. The molecule has 23 heteroatoms. The van der Waals surface area contributed by atoms with Crippen LogP contribution in [0.25, 0.3) is 16.0 Å². The summed E-state index contributed by atoms with van der Waals surface area (Å²) in [5.74, 6) is -0.695. The van der Waals surface area contributed by atoms with Crippen molar-refractivity contribution in [3.63, 3.8) is 0 Å². The zero-order valence-electron chi connectivity index (χ0n) is 44.4. The molecule has 2 fully saturated rings. The largest absolute Gasteiger partial charge is 0.394 e. The van der Waals surface area contributed by atoms with E-state index in [1.54, 1.807) is 24.8 Å². The van der Waals surface area contributed by atoms with Gasteiger partial charge in [0.1, 0.15) is 12.8 Å². The highest BCUT2D eigenvalue weighted by molar-refractivity contribution is 8.09. The molecule has 408 valence electrons. The third-order valence-electron chi connectivity index (χ3n) is 12.4. The average Bonchev–Trinajstić information content (AvgIpc) is 4.15. The third-order valence-corrected chi connectivity index (χ3v) is 16.6. The van der Waals surface area contributed by atoms with Crippen LogP contribution < -0.4 is 21.3 Å². The number of benzene rings is 3. The molecule has 1 amide bonds. The number of carbonyl (C=O) groups is 1. The third kappa shape index (κ3) is 15.9. The number of hydrogen-bond donors (Lipinski definition) is 5. The molecule has 8 atom stereocenters. The fourth-order valence-electron chi connectivity index (χ4n) is 8.81. The van der Waals surface area contributed by atoms with Gasteiger partial charge in [0.2, 0.25) is 18.4 Å². The first kappa shape index (κ1) is 59.9. The Hall–Kier alpha value is -5.35. The number of nitriles is 1. The predicted molar refractivity (Wildman–Crippen MR) is 300 cm³/mol. The van der Waals surface area contributed by atoms with E-state index in [4.69, 9.17) is 51.7 Å². The van der Waals surface area contributed by atoms with Gasteiger partial charge in [-0.2, -0.15) is 10.2 Å². The molecule has 2 aliphatic rings. The van der Waals surface area contributed by atoms with Gasteiger partial charge in [-0.3, -0.25) is 34.4 Å². The number of carbonyl (C=O) groups excluding carboxylic acids is 1. The second-order valence-electron chi connectivity index (χ2n) is 19.3. The van der Waals surface area contributed by atoms with Gasteiger partial charge >= 0.3 is 0 Å². The summed E-state index contributed by atoms with van der Waals surface area (Å²) in [4.78, 5) is 46.8. The number of rotatable bonds is 25. The molecule has 0 bridgehead atoms. The summed E-state index contributed by atoms with van der Waals surface area (Å²) in [6.07, 6.45) is 1.77. The molecule has 8 unspecified atom stereocenters. The number of hydrogen-bond acceptors (Lipinski definition) is 15. The summed E-state index contributed by atoms with van der Waals surface area (Å²) in [5.41, 5.74) is 1.98. The van der Waals surface area contributed by atoms with E-state index in [9.17, 15) is 14.7 Å². The highest BCUT2D eigenvalue weighted by atomic mass is 32.5. The van der Waals surface area contributed by atoms with E-state index in [0.717, 1.165) is 16.7 Å². The quantitative estimate of drug-likeness (QED) is 0.00962. The Morgan fingerprint density at radius 2 is 1.61 bits per heavy atom. The van der Waals surface area contributed by atoms with Crippen molar-refractivity contribution in [2.75, 3.05) is 52.4 Å². The second-order valence-corrected chi connectivity index (χ2v) is 23.5. The number of nitrogens with zero attached hydrogens (tertiary/aromatic N) is 8. The first-order valence-electron chi connectivity index (χ1n) is 25.4. The van der Waals surface area contributed by atoms with E-state index >= 15 is 0 Å². The van der Waals surface area contributed by atoms with Gasteiger partial charge < -0.3 is 37.9 Å². The normalized spacial score (nSPS) is 20.6. The van der Waals surface area contributed by atoms with Crippen molar-refractivity contribution in [1.82, 2.24) is 39.5 Å². The standard InChI is InChI=1S/C44H53N10O7PS.C9H19N2OP/c1-29(2)41(56)49-43-48-40-39(42(57)50-43)47-28-54(40)38-24-34(35(25-55)61-38)52-62(63,58-22-21-45-3)59-26-36-33(23-37(60-36)46-27-53(4)5)51-44(30-15-9-6-10-16-30,31-17-11-7-12-18-31)32-19-13-8-14-20-32;1-8(2)11(9(3)4)13-12-7-5-6-10/h6-20,27-29,33-38,51,55H,21-26H2,1-2,4-5H3,(H,52,63)(H2,48,49,50,56,57);8-9,13H,5,7H2,1-4H3. The number of imidazole rings is 1. The molecular formula is C53H72N12O8P2S. The van der Waals surface area contributed by atoms with Crippen LogP contribution in [0.3, 0.4) is 0 Å². The van der Waals surface area contributed by atoms with E-state index in [0.29, 0.717) is 40.5 Å². The van der Waals surface area contributed by atoms with Crippen LogP contribution in [-0.4, -0.2) is 136 Å². The van der Waals surface area contributed by atoms with Gasteiger partial charge in [0, 0.05) is 57.0 Å². The van der Waals surface area contributed by atoms with Crippen LogP contribution in [-0.2, 0) is 45.2 Å². The maximum atomic E-state index is 13.0. The number of anilines is 1. The molecule has 5 N–H and O–H groups in total. The van der Waals surface area contributed by atoms with Crippen molar-refractivity contribution in [2.24, 2.45) is 10.9 Å². The van der Waals surface area contributed by atoms with Crippen molar-refractivity contribution in [3.05, 3.63) is 136 Å². The molecular weight excluding hydrogens is 1030 g/mol. The van der Waals surface area contributed by atoms with Crippen molar-refractivity contribution in [1.29, 1.82) is 5.26 Å². The van der Waals surface area contributed by atoms with Crippen LogP contribution >= 0.6 is 15.6 Å². The van der Waals surface area contributed by atoms with Gasteiger partial charge in [0.05, 0.1) is 71.7 Å². The number of aliphatic hydroxyl groups excluding tert-OH is 1. The molecule has 3 aromatic carbocycles. The summed E-state index contributed by atoms with van der Waals surface area (Å²) in [6, 6.07) is 33.0. The van der Waals surface area contributed by atoms with E-state index in [1.807, 2.05) is 73.6 Å². The second kappa shape index (κ2) is 28.9. The van der Waals surface area contributed by atoms with Crippen molar-refractivity contribution < 1.29 is 32.9 Å². The molecule has 4 heterocycles. The van der Waals surface area contributed by atoms with Gasteiger partial charge in [-0.15, -0.1) is 0 Å². The topological polar surface area (TPSA) is 230 Å². The Bertz CT molecular complexity index is 2730. The average molecular weight is 1100 g/mol. The Morgan fingerprint density at radius 1 is 0.987 bits per heavy atom. The summed E-state index contributed by atoms with van der Waals surface area (Å²) in [5, 5.41) is 28.9. The van der Waals surface area contributed by atoms with Crippen LogP contribution in [0, 0.1) is 23.8 Å². The van der Waals surface area contributed by atoms with Crippen molar-refractivity contribution in [2.45, 2.75) is 115 Å². The predicted octanol–water partition coefficient (Wildman–Crippen LogP) is 7.33. The Kier molecular flexibility index (Phi) is 22.7. The van der Waals surface area contributed by atoms with E-state index in [2.05, 4.69) is 110 Å². The number of ether oxygens (including phenoxy) is 2. The molecule has 2 saturated heterocycles. The van der Waals surface area contributed by atoms with Gasteiger partial charge in [0.15, 0.2) is 17.4 Å². The zero-order valence-corrected chi connectivity index (χ0v) is 47.1. The molecule has 0 radical (unpaired) electrons. The maximum Gasteiger partial charge on any atom is 0.280 e. The van der Waals surface area contributed by atoms with Gasteiger partial charge in [-0.25, -0.2) is 21.6 Å². The Balaban J connectivity index is 0.000000636. The summed E-state index contributed by atoms with van der Waals surface area (Å²) in [7, 11) is 4.17. The van der Waals surface area contributed by atoms with Crippen LogP contribution in [0.4, 0.5) is 5.95 Å². The number of H-pyrrole nitrogens is 1. The van der Waals surface area contributed by atoms with Crippen LogP contribution in [0.5, 0.6) is 0 Å². The number of aliphatic imine (C=N–C) groups is 1. The lowest BCUT2D eigenvalue weighted by molar-refractivity contribution is -0.118. The van der Waals surface area contributed by atoms with Gasteiger partial charge in [0.25, 0.3) is 12.2 Å². The smallest absolute Gasteiger partial charge is 0.280 e. The highest BCUT2D eigenvalue weighted by Crippen LogP contribution is 2.48.